The number of aliphatic hydroxyl groups excluding tert-OH is 1. The first-order valence-corrected chi connectivity index (χ1v) is 26.6. The van der Waals surface area contributed by atoms with Crippen molar-refractivity contribution < 1.29 is 24.2 Å². The maximum atomic E-state index is 12.3. The van der Waals surface area contributed by atoms with Gasteiger partial charge in [0.2, 0.25) is 0 Å². The first kappa shape index (κ1) is 61.3. The molecular formula is C60H98O5. The van der Waals surface area contributed by atoms with E-state index in [1.54, 1.807) is 0 Å². The second-order valence-corrected chi connectivity index (χ2v) is 17.2. The van der Waals surface area contributed by atoms with E-state index in [4.69, 9.17) is 9.47 Å². The Kier molecular flexibility index (Phi) is 51.5. The maximum absolute atomic E-state index is 12.3. The van der Waals surface area contributed by atoms with Gasteiger partial charge in [0, 0.05) is 12.8 Å². The maximum Gasteiger partial charge on any atom is 0.306 e. The van der Waals surface area contributed by atoms with Crippen LogP contribution < -0.4 is 0 Å². The molecule has 0 rings (SSSR count). The smallest absolute Gasteiger partial charge is 0.306 e. The summed E-state index contributed by atoms with van der Waals surface area (Å²) in [6, 6.07) is 0. The van der Waals surface area contributed by atoms with Crippen LogP contribution in [0.1, 0.15) is 226 Å². The first-order chi connectivity index (χ1) is 32.1. The third-order valence-corrected chi connectivity index (χ3v) is 11.0. The molecular weight excluding hydrogens is 801 g/mol. The van der Waals surface area contributed by atoms with Crippen molar-refractivity contribution in [1.82, 2.24) is 0 Å². The number of ether oxygens (including phenoxy) is 2. The van der Waals surface area contributed by atoms with Crippen molar-refractivity contribution in [2.75, 3.05) is 13.2 Å². The highest BCUT2D eigenvalue weighted by Gasteiger charge is 2.16. The minimum Gasteiger partial charge on any atom is -0.462 e. The topological polar surface area (TPSA) is 72.8 Å². The zero-order valence-corrected chi connectivity index (χ0v) is 42.0. The van der Waals surface area contributed by atoms with Gasteiger partial charge in [-0.25, -0.2) is 0 Å². The lowest BCUT2D eigenvalue weighted by Gasteiger charge is -2.15. The molecule has 0 aliphatic heterocycles. The van der Waals surface area contributed by atoms with Gasteiger partial charge in [-0.05, 0) is 109 Å². The summed E-state index contributed by atoms with van der Waals surface area (Å²) < 4.78 is 10.6. The van der Waals surface area contributed by atoms with E-state index in [0.29, 0.717) is 12.8 Å². The Morgan fingerprint density at radius 2 is 0.662 bits per heavy atom. The fourth-order valence-corrected chi connectivity index (χ4v) is 7.01. The van der Waals surface area contributed by atoms with Gasteiger partial charge in [0.15, 0.2) is 6.10 Å². The van der Waals surface area contributed by atoms with Gasteiger partial charge in [0.1, 0.15) is 6.61 Å². The highest BCUT2D eigenvalue weighted by Crippen LogP contribution is 2.14. The van der Waals surface area contributed by atoms with E-state index < -0.39 is 6.10 Å². The molecule has 0 radical (unpaired) electrons. The molecule has 1 atom stereocenters. The second kappa shape index (κ2) is 54.6. The number of unbranched alkanes of at least 4 members (excludes halogenated alkanes) is 19. The van der Waals surface area contributed by atoms with Gasteiger partial charge in [0.05, 0.1) is 6.61 Å². The van der Waals surface area contributed by atoms with Crippen LogP contribution in [0.15, 0.2) is 122 Å². The van der Waals surface area contributed by atoms with Gasteiger partial charge in [-0.1, -0.05) is 225 Å². The van der Waals surface area contributed by atoms with Crippen molar-refractivity contribution >= 4 is 11.9 Å². The largest absolute Gasteiger partial charge is 0.462 e. The van der Waals surface area contributed by atoms with Crippen LogP contribution in [-0.2, 0) is 19.1 Å². The van der Waals surface area contributed by atoms with Crippen molar-refractivity contribution in [3.05, 3.63) is 122 Å². The van der Waals surface area contributed by atoms with E-state index >= 15 is 0 Å². The molecule has 0 aliphatic carbocycles. The van der Waals surface area contributed by atoms with Gasteiger partial charge >= 0.3 is 11.9 Å². The Morgan fingerprint density at radius 3 is 1.02 bits per heavy atom. The normalized spacial score (nSPS) is 13.2. The molecule has 368 valence electrons. The monoisotopic (exact) mass is 899 g/mol. The SMILES string of the molecule is CC/C=C\C/C=C\C/C=C\C/C=C\C/C=C\C/C=C\C/C=C\C/C=C\C/C=C\CCCCCCCCCCCC(=O)OC(CO)COC(=O)CCCCCCC/C=C\CCCCCCC. The van der Waals surface area contributed by atoms with Gasteiger partial charge in [-0.15, -0.1) is 0 Å². The summed E-state index contributed by atoms with van der Waals surface area (Å²) in [6.07, 6.45) is 80.1. The number of hydrogen-bond acceptors (Lipinski definition) is 5. The lowest BCUT2D eigenvalue weighted by atomic mass is 10.1. The number of allylic oxidation sites excluding steroid dienone is 20. The summed E-state index contributed by atoms with van der Waals surface area (Å²) in [7, 11) is 0. The van der Waals surface area contributed by atoms with Gasteiger partial charge in [-0.3, -0.25) is 9.59 Å². The van der Waals surface area contributed by atoms with Crippen LogP contribution in [-0.4, -0.2) is 36.4 Å². The van der Waals surface area contributed by atoms with Gasteiger partial charge in [-0.2, -0.15) is 0 Å². The van der Waals surface area contributed by atoms with Crippen molar-refractivity contribution in [2.24, 2.45) is 0 Å². The number of esters is 2. The second-order valence-electron chi connectivity index (χ2n) is 17.2. The molecule has 0 saturated carbocycles. The number of carbonyl (C=O) groups is 2. The van der Waals surface area contributed by atoms with E-state index in [0.717, 1.165) is 109 Å². The highest BCUT2D eigenvalue weighted by molar-refractivity contribution is 5.70. The lowest BCUT2D eigenvalue weighted by Crippen LogP contribution is -2.28. The molecule has 0 fully saturated rings. The molecule has 0 aromatic heterocycles. The molecule has 5 nitrogen and oxygen atoms in total. The number of carbonyl (C=O) groups excluding carboxylic acids is 2. The summed E-state index contributed by atoms with van der Waals surface area (Å²) in [4.78, 5) is 24.4. The van der Waals surface area contributed by atoms with Crippen LogP contribution in [0, 0.1) is 0 Å². The Balaban J connectivity index is 3.60. The van der Waals surface area contributed by atoms with Crippen molar-refractivity contribution in [3.8, 4) is 0 Å². The van der Waals surface area contributed by atoms with Crippen molar-refractivity contribution in [1.29, 1.82) is 0 Å². The first-order valence-electron chi connectivity index (χ1n) is 26.6. The van der Waals surface area contributed by atoms with Crippen LogP contribution in [0.5, 0.6) is 0 Å². The number of rotatable bonds is 47. The van der Waals surface area contributed by atoms with E-state index in [1.165, 1.54) is 89.9 Å². The predicted octanol–water partition coefficient (Wildman–Crippen LogP) is 17.9. The number of aliphatic hydroxyl groups is 1. The standard InChI is InChI=1S/C60H98O5/c1-3-5-7-9-11-13-15-17-19-20-21-22-23-24-25-26-27-28-29-30-31-32-33-34-35-36-37-38-39-40-41-43-45-47-49-51-53-55-60(63)65-58(56-61)57-64-59(62)54-52-50-48-46-44-42-18-16-14-12-10-8-6-4-2/h5,7,11,13,16-19,21-22,24-25,27-28,30-31,33-34,36-37,58,61H,3-4,6,8-10,12,14-15,20,23,26,29,32,35,38-57H2,1-2H3/b7-5-,13-11-,18-16-,19-17-,22-21-,25-24-,28-27-,31-30-,34-33-,37-36-. The lowest BCUT2D eigenvalue weighted by molar-refractivity contribution is -0.161. The van der Waals surface area contributed by atoms with E-state index in [-0.39, 0.29) is 25.2 Å². The third-order valence-electron chi connectivity index (χ3n) is 11.0. The fourth-order valence-electron chi connectivity index (χ4n) is 7.01. The molecule has 0 heterocycles. The minimum absolute atomic E-state index is 0.0780. The molecule has 0 bridgehead atoms. The third kappa shape index (κ3) is 52.8. The average molecular weight is 899 g/mol. The Hall–Kier alpha value is -3.70. The zero-order chi connectivity index (χ0) is 47.0. The van der Waals surface area contributed by atoms with Gasteiger partial charge in [0.25, 0.3) is 0 Å². The summed E-state index contributed by atoms with van der Waals surface area (Å²) in [5.74, 6) is -0.613. The molecule has 0 aliphatic rings. The van der Waals surface area contributed by atoms with Crippen LogP contribution in [0.4, 0.5) is 0 Å². The predicted molar refractivity (Wildman–Crippen MR) is 283 cm³/mol. The number of hydrogen-bond donors (Lipinski definition) is 1. The van der Waals surface area contributed by atoms with Crippen LogP contribution in [0.25, 0.3) is 0 Å². The molecule has 1 N–H and O–H groups in total. The quantitative estimate of drug-likeness (QED) is 0.0374. The van der Waals surface area contributed by atoms with Gasteiger partial charge < -0.3 is 14.6 Å². The Bertz CT molecular complexity index is 1340. The van der Waals surface area contributed by atoms with E-state index in [1.807, 2.05) is 0 Å². The summed E-state index contributed by atoms with van der Waals surface area (Å²) in [6.45, 7) is 4.00. The van der Waals surface area contributed by atoms with Crippen LogP contribution >= 0.6 is 0 Å². The molecule has 0 spiro atoms. The molecule has 65 heavy (non-hydrogen) atoms. The Labute approximate surface area is 401 Å². The minimum atomic E-state index is -0.785. The summed E-state index contributed by atoms with van der Waals surface area (Å²) in [5.41, 5.74) is 0. The average Bonchev–Trinajstić information content (AvgIpc) is 3.31. The zero-order valence-electron chi connectivity index (χ0n) is 42.0. The van der Waals surface area contributed by atoms with Crippen molar-refractivity contribution in [2.45, 2.75) is 232 Å². The highest BCUT2D eigenvalue weighted by atomic mass is 16.6. The molecule has 1 unspecified atom stereocenters. The van der Waals surface area contributed by atoms with E-state index in [9.17, 15) is 14.7 Å². The van der Waals surface area contributed by atoms with E-state index in [2.05, 4.69) is 135 Å². The Morgan fingerprint density at radius 1 is 0.369 bits per heavy atom. The summed E-state index contributed by atoms with van der Waals surface area (Å²) in [5, 5.41) is 9.61. The van der Waals surface area contributed by atoms with Crippen molar-refractivity contribution in [3.63, 3.8) is 0 Å². The van der Waals surface area contributed by atoms with Crippen LogP contribution in [0.3, 0.4) is 0 Å². The molecule has 0 aromatic carbocycles. The molecule has 5 heteroatoms. The molecule has 0 aromatic rings. The van der Waals surface area contributed by atoms with Crippen LogP contribution in [0.2, 0.25) is 0 Å². The summed E-state index contributed by atoms with van der Waals surface area (Å²) >= 11 is 0. The molecule has 0 saturated heterocycles. The fraction of sp³-hybridized carbons (Fsp3) is 0.633. The molecule has 0 amide bonds.